The van der Waals surface area contributed by atoms with Gasteiger partial charge in [-0.05, 0) is 13.3 Å². The van der Waals surface area contributed by atoms with Crippen molar-refractivity contribution >= 4 is 5.82 Å². The molecule has 16 heavy (non-hydrogen) atoms. The quantitative estimate of drug-likeness (QED) is 0.712. The van der Waals surface area contributed by atoms with Crippen LogP contribution in [0.15, 0.2) is 0 Å². The van der Waals surface area contributed by atoms with Gasteiger partial charge in [0.15, 0.2) is 0 Å². The number of aryl methyl sites for hydroxylation is 1. The molecule has 1 aromatic rings. The number of hydrogen-bond donors (Lipinski definition) is 0. The van der Waals surface area contributed by atoms with Crippen LogP contribution in [0.4, 0.5) is 10.2 Å². The molecule has 0 aliphatic carbocycles. The predicted octanol–water partition coefficient (Wildman–Crippen LogP) is 1.32. The number of nitrogens with zero attached hydrogens (tertiary/aromatic N) is 3. The van der Waals surface area contributed by atoms with E-state index in [0.717, 1.165) is 18.9 Å². The summed E-state index contributed by atoms with van der Waals surface area (Å²) < 4.78 is 18.9. The van der Waals surface area contributed by atoms with E-state index in [-0.39, 0.29) is 0 Å². The standard InChI is InChI=1S/C11H16FN3O/c1-3-9-10(12)13-8(2)14-11(9)15-4-6-16-7-5-15/h3-7H2,1-2H3. The first-order chi connectivity index (χ1) is 7.72. The Labute approximate surface area is 94.5 Å². The third kappa shape index (κ3) is 2.14. The lowest BCUT2D eigenvalue weighted by atomic mass is 10.2. The summed E-state index contributed by atoms with van der Waals surface area (Å²) in [6.45, 7) is 6.51. The highest BCUT2D eigenvalue weighted by Gasteiger charge is 2.19. The fourth-order valence-corrected chi connectivity index (χ4v) is 1.89. The van der Waals surface area contributed by atoms with Gasteiger partial charge in [-0.25, -0.2) is 9.97 Å². The van der Waals surface area contributed by atoms with Crippen LogP contribution in [-0.4, -0.2) is 36.3 Å². The number of anilines is 1. The summed E-state index contributed by atoms with van der Waals surface area (Å²) in [4.78, 5) is 10.2. The molecule has 2 heterocycles. The van der Waals surface area contributed by atoms with E-state index in [0.29, 0.717) is 31.0 Å². The van der Waals surface area contributed by atoms with Gasteiger partial charge in [0.05, 0.1) is 13.2 Å². The normalized spacial score (nSPS) is 16.6. The first-order valence-electron chi connectivity index (χ1n) is 5.58. The third-order valence-corrected chi connectivity index (χ3v) is 2.71. The largest absolute Gasteiger partial charge is 0.378 e. The van der Waals surface area contributed by atoms with E-state index in [1.807, 2.05) is 6.92 Å². The number of morpholine rings is 1. The Hall–Kier alpha value is -1.23. The van der Waals surface area contributed by atoms with Crippen LogP contribution in [0.1, 0.15) is 18.3 Å². The summed E-state index contributed by atoms with van der Waals surface area (Å²) in [7, 11) is 0. The van der Waals surface area contributed by atoms with Crippen molar-refractivity contribution in [1.82, 2.24) is 9.97 Å². The Kier molecular flexibility index (Phi) is 3.33. The predicted molar refractivity (Wildman–Crippen MR) is 59.1 cm³/mol. The molecular weight excluding hydrogens is 209 g/mol. The van der Waals surface area contributed by atoms with Crippen LogP contribution in [-0.2, 0) is 11.2 Å². The second-order valence-electron chi connectivity index (χ2n) is 3.82. The summed E-state index contributed by atoms with van der Waals surface area (Å²) in [6, 6.07) is 0. The summed E-state index contributed by atoms with van der Waals surface area (Å²) in [5, 5.41) is 0. The van der Waals surface area contributed by atoms with Crippen LogP contribution >= 0.6 is 0 Å². The molecule has 0 bridgehead atoms. The van der Waals surface area contributed by atoms with Crippen molar-refractivity contribution in [3.05, 3.63) is 17.3 Å². The van der Waals surface area contributed by atoms with Crippen molar-refractivity contribution in [3.8, 4) is 0 Å². The summed E-state index contributed by atoms with van der Waals surface area (Å²) in [5.74, 6) is 0.823. The van der Waals surface area contributed by atoms with Crippen molar-refractivity contribution in [2.75, 3.05) is 31.2 Å². The number of hydrogen-bond acceptors (Lipinski definition) is 4. The molecule has 2 rings (SSSR count). The van der Waals surface area contributed by atoms with Gasteiger partial charge in [0, 0.05) is 18.7 Å². The van der Waals surface area contributed by atoms with E-state index in [2.05, 4.69) is 14.9 Å². The minimum Gasteiger partial charge on any atom is -0.378 e. The minimum atomic E-state index is -0.392. The maximum absolute atomic E-state index is 13.7. The number of halogens is 1. The number of ether oxygens (including phenoxy) is 1. The molecule has 0 amide bonds. The molecule has 1 fully saturated rings. The van der Waals surface area contributed by atoms with Crippen molar-refractivity contribution in [3.63, 3.8) is 0 Å². The van der Waals surface area contributed by atoms with Crippen LogP contribution in [0.2, 0.25) is 0 Å². The number of rotatable bonds is 2. The Morgan fingerprint density at radius 2 is 2.00 bits per heavy atom. The van der Waals surface area contributed by atoms with E-state index in [1.165, 1.54) is 0 Å². The third-order valence-electron chi connectivity index (χ3n) is 2.71. The van der Waals surface area contributed by atoms with Crippen LogP contribution in [0, 0.1) is 12.9 Å². The molecule has 0 atom stereocenters. The maximum atomic E-state index is 13.7. The SMILES string of the molecule is CCc1c(F)nc(C)nc1N1CCOCC1. The molecule has 1 aliphatic heterocycles. The van der Waals surface area contributed by atoms with Crippen LogP contribution in [0.25, 0.3) is 0 Å². The van der Waals surface area contributed by atoms with Crippen LogP contribution in [0.5, 0.6) is 0 Å². The zero-order valence-electron chi connectivity index (χ0n) is 9.66. The Morgan fingerprint density at radius 1 is 1.31 bits per heavy atom. The molecule has 0 aromatic carbocycles. The molecule has 0 saturated carbocycles. The summed E-state index contributed by atoms with van der Waals surface area (Å²) in [5.41, 5.74) is 0.604. The topological polar surface area (TPSA) is 38.2 Å². The maximum Gasteiger partial charge on any atom is 0.221 e. The summed E-state index contributed by atoms with van der Waals surface area (Å²) in [6.07, 6.45) is 0.610. The van der Waals surface area contributed by atoms with Gasteiger partial charge >= 0.3 is 0 Å². The van der Waals surface area contributed by atoms with E-state index in [4.69, 9.17) is 4.74 Å². The highest BCUT2D eigenvalue weighted by molar-refractivity contribution is 5.47. The van der Waals surface area contributed by atoms with Gasteiger partial charge in [-0.1, -0.05) is 6.92 Å². The minimum absolute atomic E-state index is 0.392. The second-order valence-corrected chi connectivity index (χ2v) is 3.82. The lowest BCUT2D eigenvalue weighted by Gasteiger charge is -2.29. The highest BCUT2D eigenvalue weighted by atomic mass is 19.1. The lowest BCUT2D eigenvalue weighted by molar-refractivity contribution is 0.122. The highest BCUT2D eigenvalue weighted by Crippen LogP contribution is 2.21. The van der Waals surface area contributed by atoms with Gasteiger partial charge in [0.2, 0.25) is 5.95 Å². The fourth-order valence-electron chi connectivity index (χ4n) is 1.89. The molecule has 1 aliphatic rings. The van der Waals surface area contributed by atoms with Crippen molar-refractivity contribution in [2.45, 2.75) is 20.3 Å². The van der Waals surface area contributed by atoms with E-state index < -0.39 is 5.95 Å². The smallest absolute Gasteiger partial charge is 0.221 e. The van der Waals surface area contributed by atoms with E-state index in [1.54, 1.807) is 6.92 Å². The van der Waals surface area contributed by atoms with Crippen molar-refractivity contribution in [2.24, 2.45) is 0 Å². The Balaban J connectivity index is 2.36. The summed E-state index contributed by atoms with van der Waals surface area (Å²) >= 11 is 0. The molecule has 0 N–H and O–H groups in total. The van der Waals surface area contributed by atoms with Crippen LogP contribution in [0.3, 0.4) is 0 Å². The molecule has 1 saturated heterocycles. The van der Waals surface area contributed by atoms with E-state index >= 15 is 0 Å². The zero-order chi connectivity index (χ0) is 11.5. The number of aromatic nitrogens is 2. The van der Waals surface area contributed by atoms with Crippen molar-refractivity contribution in [1.29, 1.82) is 0 Å². The van der Waals surface area contributed by atoms with Gasteiger partial charge in [-0.2, -0.15) is 4.39 Å². The van der Waals surface area contributed by atoms with Gasteiger partial charge in [0.25, 0.3) is 0 Å². The molecular formula is C11H16FN3O. The molecule has 0 unspecified atom stereocenters. The molecule has 5 heteroatoms. The Bertz CT molecular complexity index is 378. The Morgan fingerprint density at radius 3 is 2.62 bits per heavy atom. The monoisotopic (exact) mass is 225 g/mol. The van der Waals surface area contributed by atoms with Gasteiger partial charge in [-0.3, -0.25) is 0 Å². The van der Waals surface area contributed by atoms with E-state index in [9.17, 15) is 4.39 Å². The second kappa shape index (κ2) is 4.74. The van der Waals surface area contributed by atoms with Gasteiger partial charge in [0.1, 0.15) is 11.6 Å². The molecule has 4 nitrogen and oxygen atoms in total. The fraction of sp³-hybridized carbons (Fsp3) is 0.636. The molecule has 88 valence electrons. The van der Waals surface area contributed by atoms with Crippen molar-refractivity contribution < 1.29 is 9.13 Å². The first-order valence-corrected chi connectivity index (χ1v) is 5.58. The lowest BCUT2D eigenvalue weighted by Crippen LogP contribution is -2.37. The molecule has 0 spiro atoms. The molecule has 0 radical (unpaired) electrons. The van der Waals surface area contributed by atoms with Gasteiger partial charge in [-0.15, -0.1) is 0 Å². The molecule has 1 aromatic heterocycles. The average Bonchev–Trinajstić information content (AvgIpc) is 2.29. The van der Waals surface area contributed by atoms with Crippen LogP contribution < -0.4 is 4.90 Å². The average molecular weight is 225 g/mol. The van der Waals surface area contributed by atoms with Gasteiger partial charge < -0.3 is 9.64 Å². The first kappa shape index (κ1) is 11.3. The zero-order valence-corrected chi connectivity index (χ0v) is 9.66.